The van der Waals surface area contributed by atoms with Gasteiger partial charge in [-0.2, -0.15) is 0 Å². The number of hydrogen-bond acceptors (Lipinski definition) is 2. The molecule has 4 aliphatic carbocycles. The fraction of sp³-hybridized carbons (Fsp3) is 0.952. The molecular formula is C21H34O2. The Labute approximate surface area is 141 Å². The molecule has 0 aromatic carbocycles. The summed E-state index contributed by atoms with van der Waals surface area (Å²) in [5, 5.41) is 0. The second kappa shape index (κ2) is 5.49. The van der Waals surface area contributed by atoms with E-state index in [1.807, 2.05) is 0 Å². The topological polar surface area (TPSA) is 26.3 Å². The van der Waals surface area contributed by atoms with Crippen LogP contribution in [0.15, 0.2) is 0 Å². The van der Waals surface area contributed by atoms with Crippen LogP contribution in [0.4, 0.5) is 0 Å². The molecule has 0 bridgehead atoms. The Bertz CT molecular complexity index is 486. The average molecular weight is 319 g/mol. The molecule has 0 unspecified atom stereocenters. The number of carbonyl (C=O) groups excluding carboxylic acids is 1. The Morgan fingerprint density at radius 2 is 1.65 bits per heavy atom. The molecule has 0 spiro atoms. The minimum atomic E-state index is 0.0611. The molecule has 0 radical (unpaired) electrons. The van der Waals surface area contributed by atoms with Crippen molar-refractivity contribution in [3.05, 3.63) is 0 Å². The van der Waals surface area contributed by atoms with E-state index in [1.165, 1.54) is 57.8 Å². The first-order valence-corrected chi connectivity index (χ1v) is 10.1. The molecule has 7 atom stereocenters. The van der Waals surface area contributed by atoms with Gasteiger partial charge in [0.15, 0.2) is 0 Å². The summed E-state index contributed by atoms with van der Waals surface area (Å²) in [7, 11) is 1.57. The average Bonchev–Trinajstić information content (AvgIpc) is 2.91. The largest absolute Gasteiger partial charge is 0.469 e. The van der Waals surface area contributed by atoms with E-state index >= 15 is 0 Å². The van der Waals surface area contributed by atoms with E-state index in [2.05, 4.69) is 13.8 Å². The van der Waals surface area contributed by atoms with Gasteiger partial charge in [-0.3, -0.25) is 4.79 Å². The van der Waals surface area contributed by atoms with Gasteiger partial charge >= 0.3 is 5.97 Å². The van der Waals surface area contributed by atoms with E-state index in [0.29, 0.717) is 5.41 Å². The minimum absolute atomic E-state index is 0.0611. The SMILES string of the molecule is COC(=O)[C@@H]1CC[C@@H]2[C@@H]3CC[C@H]4CCCC[C@]4(C)[C@H]3CC[C@]21C. The molecule has 4 fully saturated rings. The van der Waals surface area contributed by atoms with Crippen molar-refractivity contribution in [1.29, 1.82) is 0 Å². The van der Waals surface area contributed by atoms with Crippen molar-refractivity contribution in [3.63, 3.8) is 0 Å². The van der Waals surface area contributed by atoms with Gasteiger partial charge in [-0.1, -0.05) is 26.7 Å². The molecule has 4 saturated carbocycles. The molecule has 0 amide bonds. The molecular weight excluding hydrogens is 284 g/mol. The highest BCUT2D eigenvalue weighted by atomic mass is 16.5. The van der Waals surface area contributed by atoms with Crippen LogP contribution in [-0.4, -0.2) is 13.1 Å². The summed E-state index contributed by atoms with van der Waals surface area (Å²) in [6, 6.07) is 0. The summed E-state index contributed by atoms with van der Waals surface area (Å²) in [6.07, 6.45) is 13.7. The molecule has 0 saturated heterocycles. The normalized spacial score (nSPS) is 52.2. The molecule has 4 rings (SSSR count). The molecule has 0 aliphatic heterocycles. The van der Waals surface area contributed by atoms with Gasteiger partial charge in [0.05, 0.1) is 13.0 Å². The number of hydrogen-bond donors (Lipinski definition) is 0. The third kappa shape index (κ3) is 2.15. The second-order valence-corrected chi connectivity index (χ2v) is 9.60. The zero-order valence-electron chi connectivity index (χ0n) is 15.3. The molecule has 0 aromatic heterocycles. The predicted octanol–water partition coefficient (Wildman–Crippen LogP) is 5.21. The van der Waals surface area contributed by atoms with Crippen molar-refractivity contribution in [2.45, 2.75) is 78.1 Å². The first kappa shape index (κ1) is 16.0. The fourth-order valence-electron chi connectivity index (χ4n) is 7.82. The second-order valence-electron chi connectivity index (χ2n) is 9.60. The quantitative estimate of drug-likeness (QED) is 0.620. The summed E-state index contributed by atoms with van der Waals surface area (Å²) in [5.74, 6) is 3.78. The van der Waals surface area contributed by atoms with Gasteiger partial charge in [-0.05, 0) is 85.9 Å². The zero-order valence-corrected chi connectivity index (χ0v) is 15.3. The highest BCUT2D eigenvalue weighted by molar-refractivity contribution is 5.73. The highest BCUT2D eigenvalue weighted by Gasteiger charge is 2.61. The van der Waals surface area contributed by atoms with Crippen LogP contribution in [-0.2, 0) is 9.53 Å². The van der Waals surface area contributed by atoms with Gasteiger partial charge < -0.3 is 4.74 Å². The van der Waals surface area contributed by atoms with Crippen molar-refractivity contribution in [2.24, 2.45) is 40.4 Å². The molecule has 0 N–H and O–H groups in total. The molecule has 23 heavy (non-hydrogen) atoms. The standard InChI is InChI=1S/C21H34O2/c1-20-12-5-4-6-14(20)7-8-15-16-9-10-18(19(22)23-3)21(16,2)13-11-17(15)20/h14-18H,4-13H2,1-3H3/t14-,15+,16-,17+,18+,20+,21-/m1/s1. The van der Waals surface area contributed by atoms with E-state index < -0.39 is 0 Å². The molecule has 0 aromatic rings. The monoisotopic (exact) mass is 318 g/mol. The Balaban J connectivity index is 1.61. The van der Waals surface area contributed by atoms with Crippen molar-refractivity contribution in [1.82, 2.24) is 0 Å². The lowest BCUT2D eigenvalue weighted by Gasteiger charge is -2.60. The van der Waals surface area contributed by atoms with E-state index in [0.717, 1.165) is 30.1 Å². The summed E-state index contributed by atoms with van der Waals surface area (Å²) in [4.78, 5) is 12.3. The number of fused-ring (bicyclic) bond motifs is 5. The van der Waals surface area contributed by atoms with Gasteiger partial charge in [-0.25, -0.2) is 0 Å². The Morgan fingerprint density at radius 1 is 0.870 bits per heavy atom. The van der Waals surface area contributed by atoms with E-state index in [9.17, 15) is 4.79 Å². The van der Waals surface area contributed by atoms with Gasteiger partial charge in [0.1, 0.15) is 0 Å². The molecule has 2 nitrogen and oxygen atoms in total. The molecule has 0 heterocycles. The van der Waals surface area contributed by atoms with Crippen LogP contribution in [0.1, 0.15) is 78.1 Å². The van der Waals surface area contributed by atoms with Crippen LogP contribution in [0.2, 0.25) is 0 Å². The smallest absolute Gasteiger partial charge is 0.309 e. The summed E-state index contributed by atoms with van der Waals surface area (Å²) in [5.41, 5.74) is 0.817. The summed E-state index contributed by atoms with van der Waals surface area (Å²) in [6.45, 7) is 5.04. The number of methoxy groups -OCH3 is 1. The van der Waals surface area contributed by atoms with E-state index in [-0.39, 0.29) is 17.3 Å². The Kier molecular flexibility index (Phi) is 3.81. The Hall–Kier alpha value is -0.530. The Morgan fingerprint density at radius 3 is 2.43 bits per heavy atom. The van der Waals surface area contributed by atoms with Crippen LogP contribution < -0.4 is 0 Å². The molecule has 4 aliphatic rings. The van der Waals surface area contributed by atoms with Gasteiger partial charge in [0.25, 0.3) is 0 Å². The number of esters is 1. The fourth-order valence-corrected chi connectivity index (χ4v) is 7.82. The van der Waals surface area contributed by atoms with Gasteiger partial charge in [0, 0.05) is 0 Å². The third-order valence-corrected chi connectivity index (χ3v) is 9.07. The van der Waals surface area contributed by atoms with E-state index in [4.69, 9.17) is 4.74 Å². The maximum Gasteiger partial charge on any atom is 0.309 e. The van der Waals surface area contributed by atoms with Gasteiger partial charge in [-0.15, -0.1) is 0 Å². The minimum Gasteiger partial charge on any atom is -0.469 e. The van der Waals surface area contributed by atoms with Crippen LogP contribution in [0.3, 0.4) is 0 Å². The van der Waals surface area contributed by atoms with Crippen LogP contribution >= 0.6 is 0 Å². The van der Waals surface area contributed by atoms with Crippen LogP contribution in [0, 0.1) is 40.4 Å². The lowest BCUT2D eigenvalue weighted by molar-refractivity contribution is -0.155. The van der Waals surface area contributed by atoms with Crippen LogP contribution in [0.25, 0.3) is 0 Å². The number of carbonyl (C=O) groups is 1. The number of rotatable bonds is 1. The van der Waals surface area contributed by atoms with Crippen molar-refractivity contribution >= 4 is 5.97 Å². The lowest BCUT2D eigenvalue weighted by Crippen LogP contribution is -2.53. The summed E-state index contributed by atoms with van der Waals surface area (Å²) < 4.78 is 5.15. The highest BCUT2D eigenvalue weighted by Crippen LogP contribution is 2.67. The van der Waals surface area contributed by atoms with E-state index in [1.54, 1.807) is 7.11 Å². The van der Waals surface area contributed by atoms with Gasteiger partial charge in [0.2, 0.25) is 0 Å². The van der Waals surface area contributed by atoms with Crippen molar-refractivity contribution in [3.8, 4) is 0 Å². The summed E-state index contributed by atoms with van der Waals surface area (Å²) >= 11 is 0. The first-order chi connectivity index (χ1) is 11.0. The van der Waals surface area contributed by atoms with Crippen LogP contribution in [0.5, 0.6) is 0 Å². The number of ether oxygens (including phenoxy) is 1. The van der Waals surface area contributed by atoms with Crippen molar-refractivity contribution in [2.75, 3.05) is 7.11 Å². The van der Waals surface area contributed by atoms with Crippen molar-refractivity contribution < 1.29 is 9.53 Å². The maximum absolute atomic E-state index is 12.3. The predicted molar refractivity (Wildman–Crippen MR) is 91.9 cm³/mol. The third-order valence-electron chi connectivity index (χ3n) is 9.07. The molecule has 130 valence electrons. The first-order valence-electron chi connectivity index (χ1n) is 10.1. The maximum atomic E-state index is 12.3. The molecule has 2 heteroatoms. The lowest BCUT2D eigenvalue weighted by atomic mass is 9.45. The zero-order chi connectivity index (χ0) is 16.2.